The molecule has 1 aromatic heterocycles. The van der Waals surface area contributed by atoms with Crippen LogP contribution in [-0.2, 0) is 13.6 Å². The molecule has 0 aliphatic heterocycles. The molecule has 0 saturated carbocycles. The maximum Gasteiger partial charge on any atom is 0.254 e. The van der Waals surface area contributed by atoms with Crippen molar-refractivity contribution in [3.05, 3.63) is 64.7 Å². The second-order valence-electron chi connectivity index (χ2n) is 6.36. The number of aromatic nitrogens is 2. The lowest BCUT2D eigenvalue weighted by molar-refractivity contribution is -0.679. The number of imidazole rings is 1. The average Bonchev–Trinajstić information content (AvgIpc) is 2.84. The molecule has 3 aromatic rings. The molecule has 1 heterocycles. The first-order valence-electron chi connectivity index (χ1n) is 8.26. The van der Waals surface area contributed by atoms with E-state index in [1.807, 2.05) is 59.5 Å². The fourth-order valence-electron chi connectivity index (χ4n) is 3.65. The molecule has 24 heavy (non-hydrogen) atoms. The van der Waals surface area contributed by atoms with Crippen LogP contribution in [0.5, 0.6) is 0 Å². The van der Waals surface area contributed by atoms with E-state index in [1.54, 1.807) is 0 Å². The Hall–Kier alpha value is -2.75. The molecule has 120 valence electrons. The Morgan fingerprint density at radius 2 is 1.58 bits per heavy atom. The van der Waals surface area contributed by atoms with Crippen LogP contribution in [0.1, 0.15) is 51.3 Å². The molecule has 4 heteroatoms. The first-order valence-corrected chi connectivity index (χ1v) is 8.26. The first-order chi connectivity index (χ1) is 11.5. The number of rotatable bonds is 2. The molecule has 4 rings (SSSR count). The normalized spacial score (nSPS) is 13.3. The SMILES string of the molecule is CCCn1c2c([n+](C)c1C)C(=O)c1cc3ccccc3cc1C2=O. The van der Waals surface area contributed by atoms with E-state index in [2.05, 4.69) is 6.92 Å². The van der Waals surface area contributed by atoms with Crippen molar-refractivity contribution in [3.8, 4) is 0 Å². The Bertz CT molecular complexity index is 1030. The summed E-state index contributed by atoms with van der Waals surface area (Å²) >= 11 is 0. The van der Waals surface area contributed by atoms with Crippen molar-refractivity contribution in [1.82, 2.24) is 4.57 Å². The Morgan fingerprint density at radius 3 is 2.17 bits per heavy atom. The summed E-state index contributed by atoms with van der Waals surface area (Å²) in [6, 6.07) is 11.5. The molecule has 0 atom stereocenters. The molecule has 0 spiro atoms. The third-order valence-electron chi connectivity index (χ3n) is 4.96. The topological polar surface area (TPSA) is 43.0 Å². The second-order valence-corrected chi connectivity index (χ2v) is 6.36. The summed E-state index contributed by atoms with van der Waals surface area (Å²) in [5.41, 5.74) is 2.07. The number of carbonyl (C=O) groups excluding carboxylic acids is 2. The van der Waals surface area contributed by atoms with E-state index >= 15 is 0 Å². The smallest absolute Gasteiger partial charge is 0.254 e. The number of hydrogen-bond donors (Lipinski definition) is 0. The molecule has 0 radical (unpaired) electrons. The van der Waals surface area contributed by atoms with Gasteiger partial charge in [-0.3, -0.25) is 9.59 Å². The van der Waals surface area contributed by atoms with Crippen LogP contribution in [0.25, 0.3) is 10.8 Å². The third-order valence-corrected chi connectivity index (χ3v) is 4.96. The van der Waals surface area contributed by atoms with E-state index in [0.717, 1.165) is 29.6 Å². The zero-order valence-corrected chi connectivity index (χ0v) is 14.1. The second kappa shape index (κ2) is 5.13. The summed E-state index contributed by atoms with van der Waals surface area (Å²) in [6.45, 7) is 4.76. The van der Waals surface area contributed by atoms with Crippen molar-refractivity contribution in [2.24, 2.45) is 7.05 Å². The minimum atomic E-state index is -0.0641. The number of benzene rings is 2. The van der Waals surface area contributed by atoms with E-state index in [9.17, 15) is 9.59 Å². The summed E-state index contributed by atoms with van der Waals surface area (Å²) < 4.78 is 3.83. The van der Waals surface area contributed by atoms with E-state index in [0.29, 0.717) is 22.5 Å². The predicted molar refractivity (Wildman–Crippen MR) is 91.4 cm³/mol. The van der Waals surface area contributed by atoms with Crippen molar-refractivity contribution in [2.45, 2.75) is 26.8 Å². The predicted octanol–water partition coefficient (Wildman–Crippen LogP) is 2.96. The molecule has 0 N–H and O–H groups in total. The van der Waals surface area contributed by atoms with Gasteiger partial charge in [-0.1, -0.05) is 31.2 Å². The maximum atomic E-state index is 13.2. The molecule has 1 aliphatic rings. The monoisotopic (exact) mass is 319 g/mol. The lowest BCUT2D eigenvalue weighted by Crippen LogP contribution is -2.39. The van der Waals surface area contributed by atoms with Crippen molar-refractivity contribution in [3.63, 3.8) is 0 Å². The van der Waals surface area contributed by atoms with Crippen molar-refractivity contribution in [1.29, 1.82) is 0 Å². The van der Waals surface area contributed by atoms with Gasteiger partial charge in [-0.15, -0.1) is 0 Å². The zero-order valence-electron chi connectivity index (χ0n) is 14.1. The quantitative estimate of drug-likeness (QED) is 0.533. The third kappa shape index (κ3) is 1.83. The highest BCUT2D eigenvalue weighted by atomic mass is 16.1. The summed E-state index contributed by atoms with van der Waals surface area (Å²) in [7, 11) is 1.86. The van der Waals surface area contributed by atoms with Crippen molar-refractivity contribution >= 4 is 22.3 Å². The lowest BCUT2D eigenvalue weighted by atomic mass is 9.87. The number of carbonyl (C=O) groups is 2. The number of ketones is 2. The van der Waals surface area contributed by atoms with E-state index in [1.165, 1.54) is 0 Å². The largest absolute Gasteiger partial charge is 0.284 e. The van der Waals surface area contributed by atoms with Crippen LogP contribution in [-0.4, -0.2) is 16.1 Å². The van der Waals surface area contributed by atoms with Gasteiger partial charge in [-0.2, -0.15) is 0 Å². The summed E-state index contributed by atoms with van der Waals surface area (Å²) in [4.78, 5) is 26.3. The molecule has 2 aromatic carbocycles. The number of fused-ring (bicyclic) bond motifs is 3. The molecule has 1 aliphatic carbocycles. The molecular weight excluding hydrogens is 300 g/mol. The molecule has 0 fully saturated rings. The standard InChI is InChI=1S/C20H19N2O2/c1-4-9-22-12(2)21(3)17-18(22)20(24)16-11-14-8-6-5-7-13(14)10-15(16)19(17)23/h5-8,10-11H,4,9H2,1-3H3/q+1. The van der Waals surface area contributed by atoms with Gasteiger partial charge in [0.15, 0.2) is 0 Å². The molecular formula is C20H19N2O2+. The molecule has 0 bridgehead atoms. The molecule has 0 unspecified atom stereocenters. The fraction of sp³-hybridized carbons (Fsp3) is 0.250. The van der Waals surface area contributed by atoms with Gasteiger partial charge in [0.25, 0.3) is 5.82 Å². The fourth-order valence-corrected chi connectivity index (χ4v) is 3.65. The van der Waals surface area contributed by atoms with Crippen molar-refractivity contribution < 1.29 is 14.2 Å². The Morgan fingerprint density at radius 1 is 1.00 bits per heavy atom. The Labute approximate surface area is 140 Å². The Kier molecular flexibility index (Phi) is 3.17. The van der Waals surface area contributed by atoms with Crippen molar-refractivity contribution in [2.75, 3.05) is 0 Å². The van der Waals surface area contributed by atoms with Crippen LogP contribution in [0.4, 0.5) is 0 Å². The van der Waals surface area contributed by atoms with Crippen LogP contribution in [0.2, 0.25) is 0 Å². The van der Waals surface area contributed by atoms with Gasteiger partial charge < -0.3 is 0 Å². The minimum Gasteiger partial charge on any atom is -0.284 e. The number of hydrogen-bond acceptors (Lipinski definition) is 2. The maximum absolute atomic E-state index is 13.2. The number of nitrogens with zero attached hydrogens (tertiary/aromatic N) is 2. The highest BCUT2D eigenvalue weighted by Crippen LogP contribution is 2.30. The van der Waals surface area contributed by atoms with E-state index < -0.39 is 0 Å². The zero-order chi connectivity index (χ0) is 17.0. The summed E-state index contributed by atoms with van der Waals surface area (Å²) in [5, 5.41) is 1.96. The van der Waals surface area contributed by atoms with Gasteiger partial charge >= 0.3 is 0 Å². The van der Waals surface area contributed by atoms with Crippen LogP contribution in [0.15, 0.2) is 36.4 Å². The average molecular weight is 319 g/mol. The van der Waals surface area contributed by atoms with Gasteiger partial charge in [0.2, 0.25) is 23.0 Å². The summed E-state index contributed by atoms with van der Waals surface area (Å²) in [5.74, 6) is 0.814. The lowest BCUT2D eigenvalue weighted by Gasteiger charge is -2.14. The van der Waals surface area contributed by atoms with Crippen LogP contribution in [0.3, 0.4) is 0 Å². The van der Waals surface area contributed by atoms with Gasteiger partial charge in [0.05, 0.1) is 13.6 Å². The minimum absolute atomic E-state index is 0.0532. The van der Waals surface area contributed by atoms with Gasteiger partial charge in [0, 0.05) is 18.1 Å². The Balaban J connectivity index is 2.04. The highest BCUT2D eigenvalue weighted by Gasteiger charge is 2.41. The van der Waals surface area contributed by atoms with Crippen LogP contribution in [0, 0.1) is 6.92 Å². The first kappa shape index (κ1) is 14.8. The molecule has 0 amide bonds. The van der Waals surface area contributed by atoms with E-state index in [4.69, 9.17) is 0 Å². The van der Waals surface area contributed by atoms with Crippen LogP contribution >= 0.6 is 0 Å². The van der Waals surface area contributed by atoms with Crippen LogP contribution < -0.4 is 4.57 Å². The molecule has 4 nitrogen and oxygen atoms in total. The van der Waals surface area contributed by atoms with Gasteiger partial charge in [-0.25, -0.2) is 9.13 Å². The van der Waals surface area contributed by atoms with Gasteiger partial charge in [0.1, 0.15) is 0 Å². The molecule has 0 saturated heterocycles. The summed E-state index contributed by atoms with van der Waals surface area (Å²) in [6.07, 6.45) is 0.911. The highest BCUT2D eigenvalue weighted by molar-refractivity contribution is 6.27. The van der Waals surface area contributed by atoms with Gasteiger partial charge in [-0.05, 0) is 29.3 Å². The van der Waals surface area contributed by atoms with E-state index in [-0.39, 0.29) is 11.6 Å².